The maximum absolute atomic E-state index is 3.79. The van der Waals surface area contributed by atoms with Crippen molar-refractivity contribution in [3.63, 3.8) is 0 Å². The highest BCUT2D eigenvalue weighted by Gasteiger charge is 2.16. The minimum Gasteiger partial charge on any atom is -0.313 e. The maximum atomic E-state index is 3.79. The molecule has 1 aliphatic heterocycles. The Bertz CT molecular complexity index is 199. The molecule has 0 radical (unpaired) electrons. The SMILES string of the molecule is CC1CCCC(NCCN2CCCCC2)CC1. The van der Waals surface area contributed by atoms with Gasteiger partial charge in [-0.05, 0) is 51.1 Å². The second kappa shape index (κ2) is 7.38. The highest BCUT2D eigenvalue weighted by Crippen LogP contribution is 2.22. The molecule has 0 spiro atoms. The molecule has 1 aliphatic carbocycles. The Morgan fingerprint density at radius 2 is 1.76 bits per heavy atom. The average Bonchev–Trinajstić information content (AvgIpc) is 2.56. The molecule has 1 heterocycles. The van der Waals surface area contributed by atoms with Crippen molar-refractivity contribution in [1.82, 2.24) is 10.2 Å². The van der Waals surface area contributed by atoms with Gasteiger partial charge in [0.25, 0.3) is 0 Å². The van der Waals surface area contributed by atoms with Crippen LogP contribution in [0.15, 0.2) is 0 Å². The molecule has 0 bridgehead atoms. The van der Waals surface area contributed by atoms with Gasteiger partial charge in [0.15, 0.2) is 0 Å². The molecule has 2 aliphatic rings. The summed E-state index contributed by atoms with van der Waals surface area (Å²) in [5, 5.41) is 3.79. The highest BCUT2D eigenvalue weighted by molar-refractivity contribution is 4.74. The Kier molecular flexibility index (Phi) is 5.79. The Labute approximate surface area is 107 Å². The molecule has 1 saturated carbocycles. The van der Waals surface area contributed by atoms with Crippen molar-refractivity contribution in [3.05, 3.63) is 0 Å². The van der Waals surface area contributed by atoms with Crippen LogP contribution in [0.25, 0.3) is 0 Å². The van der Waals surface area contributed by atoms with Crippen LogP contribution in [0.4, 0.5) is 0 Å². The van der Waals surface area contributed by atoms with Gasteiger partial charge in [-0.2, -0.15) is 0 Å². The summed E-state index contributed by atoms with van der Waals surface area (Å²) < 4.78 is 0. The van der Waals surface area contributed by atoms with Crippen molar-refractivity contribution in [2.24, 2.45) is 5.92 Å². The van der Waals surface area contributed by atoms with E-state index in [0.717, 1.165) is 12.0 Å². The molecule has 2 nitrogen and oxygen atoms in total. The minimum atomic E-state index is 0.810. The first-order chi connectivity index (χ1) is 8.34. The van der Waals surface area contributed by atoms with Gasteiger partial charge in [-0.1, -0.05) is 26.2 Å². The first kappa shape index (κ1) is 13.4. The molecule has 2 atom stereocenters. The number of hydrogen-bond donors (Lipinski definition) is 1. The molecule has 2 fully saturated rings. The summed E-state index contributed by atoms with van der Waals surface area (Å²) >= 11 is 0. The third kappa shape index (κ3) is 4.97. The third-order valence-electron chi connectivity index (χ3n) is 4.57. The minimum absolute atomic E-state index is 0.810. The van der Waals surface area contributed by atoms with E-state index in [0.29, 0.717) is 0 Å². The average molecular weight is 238 g/mol. The summed E-state index contributed by atoms with van der Waals surface area (Å²) in [6.45, 7) is 7.56. The van der Waals surface area contributed by atoms with Crippen LogP contribution in [0.3, 0.4) is 0 Å². The Morgan fingerprint density at radius 3 is 2.59 bits per heavy atom. The Morgan fingerprint density at radius 1 is 0.941 bits per heavy atom. The molecule has 0 amide bonds. The van der Waals surface area contributed by atoms with E-state index in [9.17, 15) is 0 Å². The molecular weight excluding hydrogens is 208 g/mol. The third-order valence-corrected chi connectivity index (χ3v) is 4.57. The lowest BCUT2D eigenvalue weighted by atomic mass is 10.0. The summed E-state index contributed by atoms with van der Waals surface area (Å²) in [5.74, 6) is 0.962. The highest BCUT2D eigenvalue weighted by atomic mass is 15.1. The lowest BCUT2D eigenvalue weighted by Gasteiger charge is -2.27. The quantitative estimate of drug-likeness (QED) is 0.757. The van der Waals surface area contributed by atoms with Crippen molar-refractivity contribution in [1.29, 1.82) is 0 Å². The van der Waals surface area contributed by atoms with Gasteiger partial charge in [0.2, 0.25) is 0 Å². The van der Waals surface area contributed by atoms with Crippen molar-refractivity contribution < 1.29 is 0 Å². The lowest BCUT2D eigenvalue weighted by molar-refractivity contribution is 0.225. The number of likely N-dealkylation sites (tertiary alicyclic amines) is 1. The van der Waals surface area contributed by atoms with Crippen LogP contribution < -0.4 is 5.32 Å². The maximum Gasteiger partial charge on any atom is 0.0107 e. The number of piperidine rings is 1. The van der Waals surface area contributed by atoms with Crippen LogP contribution in [0.5, 0.6) is 0 Å². The Balaban J connectivity index is 1.57. The van der Waals surface area contributed by atoms with Crippen molar-refractivity contribution in [2.45, 2.75) is 64.3 Å². The number of rotatable bonds is 4. The van der Waals surface area contributed by atoms with E-state index in [4.69, 9.17) is 0 Å². The second-order valence-corrected chi connectivity index (χ2v) is 6.17. The molecule has 0 aromatic heterocycles. The number of nitrogens with zero attached hydrogens (tertiary/aromatic N) is 1. The van der Waals surface area contributed by atoms with Gasteiger partial charge in [-0.3, -0.25) is 0 Å². The van der Waals surface area contributed by atoms with Gasteiger partial charge in [0.05, 0.1) is 0 Å². The zero-order valence-electron chi connectivity index (χ0n) is 11.6. The predicted molar refractivity (Wildman–Crippen MR) is 74.3 cm³/mol. The Hall–Kier alpha value is -0.0800. The summed E-state index contributed by atoms with van der Waals surface area (Å²) in [5.41, 5.74) is 0. The summed E-state index contributed by atoms with van der Waals surface area (Å²) in [7, 11) is 0. The molecular formula is C15H30N2. The van der Waals surface area contributed by atoms with E-state index in [-0.39, 0.29) is 0 Å². The van der Waals surface area contributed by atoms with E-state index in [1.165, 1.54) is 77.5 Å². The zero-order valence-corrected chi connectivity index (χ0v) is 11.6. The first-order valence-corrected chi connectivity index (χ1v) is 7.80. The fraction of sp³-hybridized carbons (Fsp3) is 1.00. The monoisotopic (exact) mass is 238 g/mol. The summed E-state index contributed by atoms with van der Waals surface area (Å²) in [4.78, 5) is 2.63. The van der Waals surface area contributed by atoms with E-state index in [1.54, 1.807) is 0 Å². The second-order valence-electron chi connectivity index (χ2n) is 6.17. The molecule has 2 heteroatoms. The standard InChI is InChI=1S/C15H30N2/c1-14-6-5-7-15(9-8-14)16-10-13-17-11-3-2-4-12-17/h14-16H,2-13H2,1H3. The van der Waals surface area contributed by atoms with Gasteiger partial charge in [0.1, 0.15) is 0 Å². The van der Waals surface area contributed by atoms with Gasteiger partial charge in [0, 0.05) is 19.1 Å². The topological polar surface area (TPSA) is 15.3 Å². The van der Waals surface area contributed by atoms with Crippen LogP contribution >= 0.6 is 0 Å². The van der Waals surface area contributed by atoms with Crippen molar-refractivity contribution in [3.8, 4) is 0 Å². The molecule has 0 aromatic rings. The molecule has 1 N–H and O–H groups in total. The molecule has 2 rings (SSSR count). The fourth-order valence-corrected chi connectivity index (χ4v) is 3.30. The largest absolute Gasteiger partial charge is 0.313 e. The lowest BCUT2D eigenvalue weighted by Crippen LogP contribution is -2.39. The van der Waals surface area contributed by atoms with Gasteiger partial charge < -0.3 is 10.2 Å². The molecule has 2 unspecified atom stereocenters. The van der Waals surface area contributed by atoms with E-state index in [2.05, 4.69) is 17.1 Å². The van der Waals surface area contributed by atoms with Crippen LogP contribution in [0.2, 0.25) is 0 Å². The molecule has 17 heavy (non-hydrogen) atoms. The van der Waals surface area contributed by atoms with Crippen LogP contribution in [-0.4, -0.2) is 37.1 Å². The normalized spacial score (nSPS) is 32.3. The predicted octanol–water partition coefficient (Wildman–Crippen LogP) is 3.03. The van der Waals surface area contributed by atoms with Gasteiger partial charge in [-0.15, -0.1) is 0 Å². The van der Waals surface area contributed by atoms with Crippen LogP contribution in [0.1, 0.15) is 58.3 Å². The number of hydrogen-bond acceptors (Lipinski definition) is 2. The van der Waals surface area contributed by atoms with E-state index in [1.807, 2.05) is 0 Å². The van der Waals surface area contributed by atoms with E-state index >= 15 is 0 Å². The van der Waals surface area contributed by atoms with Crippen molar-refractivity contribution >= 4 is 0 Å². The first-order valence-electron chi connectivity index (χ1n) is 7.80. The smallest absolute Gasteiger partial charge is 0.0107 e. The van der Waals surface area contributed by atoms with Gasteiger partial charge >= 0.3 is 0 Å². The van der Waals surface area contributed by atoms with E-state index < -0.39 is 0 Å². The van der Waals surface area contributed by atoms with Gasteiger partial charge in [-0.25, -0.2) is 0 Å². The molecule has 0 aromatic carbocycles. The van der Waals surface area contributed by atoms with Crippen LogP contribution in [0, 0.1) is 5.92 Å². The number of nitrogens with one attached hydrogen (secondary N) is 1. The van der Waals surface area contributed by atoms with Crippen molar-refractivity contribution in [2.75, 3.05) is 26.2 Å². The van der Waals surface area contributed by atoms with Crippen LogP contribution in [-0.2, 0) is 0 Å². The zero-order chi connectivity index (χ0) is 11.9. The molecule has 100 valence electrons. The fourth-order valence-electron chi connectivity index (χ4n) is 3.30. The molecule has 1 saturated heterocycles. The summed E-state index contributed by atoms with van der Waals surface area (Å²) in [6, 6.07) is 0.810. The summed E-state index contributed by atoms with van der Waals surface area (Å²) in [6.07, 6.45) is 11.4.